The zero-order chi connectivity index (χ0) is 15.2. The lowest BCUT2D eigenvalue weighted by Gasteiger charge is -2.10. The maximum Gasteiger partial charge on any atom is 0.309 e. The van der Waals surface area contributed by atoms with E-state index in [9.17, 15) is 4.79 Å². The number of carboxylic acids is 1. The Labute approximate surface area is 127 Å². The highest BCUT2D eigenvalue weighted by Crippen LogP contribution is 2.25. The van der Waals surface area contributed by atoms with Gasteiger partial charge in [-0.15, -0.1) is 0 Å². The molecule has 0 fully saturated rings. The van der Waals surface area contributed by atoms with Gasteiger partial charge >= 0.3 is 5.97 Å². The number of benzene rings is 2. The second-order valence-electron chi connectivity index (χ2n) is 4.58. The molecule has 0 aromatic heterocycles. The maximum atomic E-state index is 10.7. The Kier molecular flexibility index (Phi) is 5.06. The molecule has 0 spiro atoms. The van der Waals surface area contributed by atoms with Crippen LogP contribution in [-0.2, 0) is 4.79 Å². The summed E-state index contributed by atoms with van der Waals surface area (Å²) >= 11 is 5.80. The zero-order valence-corrected chi connectivity index (χ0v) is 12.2. The molecule has 0 saturated heterocycles. The normalized spacial score (nSPS) is 11.7. The monoisotopic (exact) mass is 306 g/mol. The molecular formula is C16H15ClO4. The average molecular weight is 307 g/mol. The van der Waals surface area contributed by atoms with Crippen LogP contribution in [0.15, 0.2) is 48.5 Å². The van der Waals surface area contributed by atoms with Gasteiger partial charge in [-0.25, -0.2) is 0 Å². The average Bonchev–Trinajstić information content (AvgIpc) is 2.48. The molecule has 2 rings (SSSR count). The van der Waals surface area contributed by atoms with E-state index in [0.717, 1.165) is 0 Å². The molecule has 0 radical (unpaired) electrons. The molecule has 4 nitrogen and oxygen atoms in total. The standard InChI is InChI=1S/C16H15ClO4/c1-11(16(18)19)10-20-13-6-8-15(9-7-13)21-14-4-2-12(17)3-5-14/h2-9,11H,10H2,1H3,(H,18,19). The van der Waals surface area contributed by atoms with Crippen LogP contribution >= 0.6 is 11.6 Å². The zero-order valence-electron chi connectivity index (χ0n) is 11.5. The Morgan fingerprint density at radius 2 is 1.52 bits per heavy atom. The molecule has 1 N–H and O–H groups in total. The van der Waals surface area contributed by atoms with E-state index >= 15 is 0 Å². The molecule has 0 heterocycles. The van der Waals surface area contributed by atoms with E-state index in [4.69, 9.17) is 26.2 Å². The van der Waals surface area contributed by atoms with E-state index in [1.807, 2.05) is 0 Å². The number of rotatable bonds is 6. The van der Waals surface area contributed by atoms with Crippen LogP contribution < -0.4 is 9.47 Å². The molecule has 0 bridgehead atoms. The third-order valence-corrected chi connectivity index (χ3v) is 3.05. The second-order valence-corrected chi connectivity index (χ2v) is 5.01. The first-order valence-electron chi connectivity index (χ1n) is 6.43. The van der Waals surface area contributed by atoms with E-state index in [-0.39, 0.29) is 6.61 Å². The van der Waals surface area contributed by atoms with Gasteiger partial charge in [-0.1, -0.05) is 11.6 Å². The topological polar surface area (TPSA) is 55.8 Å². The molecule has 21 heavy (non-hydrogen) atoms. The van der Waals surface area contributed by atoms with Crippen LogP contribution in [-0.4, -0.2) is 17.7 Å². The summed E-state index contributed by atoms with van der Waals surface area (Å²) in [6, 6.07) is 14.1. The molecule has 1 unspecified atom stereocenters. The molecule has 0 aliphatic rings. The minimum Gasteiger partial charge on any atom is -0.493 e. The lowest BCUT2D eigenvalue weighted by molar-refractivity contribution is -0.142. The van der Waals surface area contributed by atoms with Crippen LogP contribution in [0.3, 0.4) is 0 Å². The molecule has 0 amide bonds. The van der Waals surface area contributed by atoms with Gasteiger partial charge in [0.25, 0.3) is 0 Å². The van der Waals surface area contributed by atoms with Gasteiger partial charge in [0.1, 0.15) is 23.9 Å². The lowest BCUT2D eigenvalue weighted by atomic mass is 10.2. The fourth-order valence-electron chi connectivity index (χ4n) is 1.54. The van der Waals surface area contributed by atoms with Crippen molar-refractivity contribution in [3.05, 3.63) is 53.6 Å². The van der Waals surface area contributed by atoms with Crippen molar-refractivity contribution in [2.45, 2.75) is 6.92 Å². The van der Waals surface area contributed by atoms with Crippen LogP contribution in [0.25, 0.3) is 0 Å². The first-order valence-corrected chi connectivity index (χ1v) is 6.81. The minimum atomic E-state index is -0.877. The lowest BCUT2D eigenvalue weighted by Crippen LogP contribution is -2.17. The van der Waals surface area contributed by atoms with Crippen molar-refractivity contribution in [1.82, 2.24) is 0 Å². The highest BCUT2D eigenvalue weighted by molar-refractivity contribution is 6.30. The number of hydrogen-bond donors (Lipinski definition) is 1. The summed E-state index contributed by atoms with van der Waals surface area (Å²) in [5.41, 5.74) is 0. The maximum absolute atomic E-state index is 10.7. The van der Waals surface area contributed by atoms with Crippen LogP contribution in [0.5, 0.6) is 17.2 Å². The van der Waals surface area contributed by atoms with Gasteiger partial charge in [0, 0.05) is 5.02 Å². The molecule has 110 valence electrons. The molecule has 2 aromatic carbocycles. The van der Waals surface area contributed by atoms with Crippen molar-refractivity contribution in [2.75, 3.05) is 6.61 Å². The van der Waals surface area contributed by atoms with Crippen molar-refractivity contribution in [3.8, 4) is 17.2 Å². The van der Waals surface area contributed by atoms with E-state index in [1.165, 1.54) is 0 Å². The molecule has 2 aromatic rings. The van der Waals surface area contributed by atoms with Gasteiger partial charge in [0.2, 0.25) is 0 Å². The van der Waals surface area contributed by atoms with Crippen LogP contribution in [0, 0.1) is 5.92 Å². The number of ether oxygens (including phenoxy) is 2. The van der Waals surface area contributed by atoms with Gasteiger partial charge in [0.15, 0.2) is 0 Å². The second kappa shape index (κ2) is 6.99. The summed E-state index contributed by atoms with van der Waals surface area (Å²) in [6.45, 7) is 1.73. The summed E-state index contributed by atoms with van der Waals surface area (Å²) in [4.78, 5) is 10.7. The Morgan fingerprint density at radius 3 is 2.05 bits per heavy atom. The fourth-order valence-corrected chi connectivity index (χ4v) is 1.66. The van der Waals surface area contributed by atoms with Gasteiger partial charge < -0.3 is 14.6 Å². The largest absolute Gasteiger partial charge is 0.493 e. The minimum absolute atomic E-state index is 0.132. The van der Waals surface area contributed by atoms with Gasteiger partial charge in [0.05, 0.1) is 5.92 Å². The third kappa shape index (κ3) is 4.68. The summed E-state index contributed by atoms with van der Waals surface area (Å²) in [7, 11) is 0. The van der Waals surface area contributed by atoms with E-state index in [2.05, 4.69) is 0 Å². The first kappa shape index (κ1) is 15.2. The summed E-state index contributed by atoms with van der Waals surface area (Å²) in [5.74, 6) is 0.530. The fraction of sp³-hybridized carbons (Fsp3) is 0.188. The van der Waals surface area contributed by atoms with Crippen molar-refractivity contribution in [3.63, 3.8) is 0 Å². The van der Waals surface area contributed by atoms with E-state index in [0.29, 0.717) is 22.3 Å². The SMILES string of the molecule is CC(COc1ccc(Oc2ccc(Cl)cc2)cc1)C(=O)O. The molecular weight excluding hydrogens is 292 g/mol. The summed E-state index contributed by atoms with van der Waals surface area (Å²) < 4.78 is 11.0. The van der Waals surface area contributed by atoms with E-state index in [1.54, 1.807) is 55.5 Å². The molecule has 1 atom stereocenters. The Balaban J connectivity index is 1.92. The summed E-state index contributed by atoms with van der Waals surface area (Å²) in [5, 5.41) is 9.43. The van der Waals surface area contributed by atoms with Crippen LogP contribution in [0.1, 0.15) is 6.92 Å². The summed E-state index contributed by atoms with van der Waals surface area (Å²) in [6.07, 6.45) is 0. The van der Waals surface area contributed by atoms with Crippen LogP contribution in [0.4, 0.5) is 0 Å². The quantitative estimate of drug-likeness (QED) is 0.867. The predicted molar refractivity (Wildman–Crippen MR) is 80.3 cm³/mol. The predicted octanol–water partition coefficient (Wildman–Crippen LogP) is 4.23. The first-order chi connectivity index (χ1) is 10.0. The van der Waals surface area contributed by atoms with Crippen LogP contribution in [0.2, 0.25) is 5.02 Å². The molecule has 0 aliphatic carbocycles. The highest BCUT2D eigenvalue weighted by atomic mass is 35.5. The number of carboxylic acid groups (broad SMARTS) is 1. The number of hydrogen-bond acceptors (Lipinski definition) is 3. The van der Waals surface area contributed by atoms with Gasteiger partial charge in [-0.05, 0) is 55.5 Å². The van der Waals surface area contributed by atoms with Gasteiger partial charge in [-0.2, -0.15) is 0 Å². The Bertz CT molecular complexity index is 593. The van der Waals surface area contributed by atoms with E-state index < -0.39 is 11.9 Å². The number of aliphatic carboxylic acids is 1. The smallest absolute Gasteiger partial charge is 0.309 e. The molecule has 5 heteroatoms. The van der Waals surface area contributed by atoms with Crippen molar-refractivity contribution in [2.24, 2.45) is 5.92 Å². The Morgan fingerprint density at radius 1 is 1.05 bits per heavy atom. The van der Waals surface area contributed by atoms with Crippen molar-refractivity contribution >= 4 is 17.6 Å². The number of halogens is 1. The number of carbonyl (C=O) groups is 1. The van der Waals surface area contributed by atoms with Crippen molar-refractivity contribution in [1.29, 1.82) is 0 Å². The molecule has 0 aliphatic heterocycles. The van der Waals surface area contributed by atoms with Crippen molar-refractivity contribution < 1.29 is 19.4 Å². The molecule has 0 saturated carbocycles. The third-order valence-electron chi connectivity index (χ3n) is 2.79. The van der Waals surface area contributed by atoms with Gasteiger partial charge in [-0.3, -0.25) is 4.79 Å². The highest BCUT2D eigenvalue weighted by Gasteiger charge is 2.11. The Hall–Kier alpha value is -2.20.